The molecule has 0 saturated carbocycles. The lowest BCUT2D eigenvalue weighted by Crippen LogP contribution is -2.02. The first-order valence-electron chi connectivity index (χ1n) is 3.18. The Morgan fingerprint density at radius 1 is 1.67 bits per heavy atom. The van der Waals surface area contributed by atoms with Crippen molar-refractivity contribution >= 4 is 17.6 Å². The number of hydrogen-bond donors (Lipinski definition) is 0. The summed E-state index contributed by atoms with van der Waals surface area (Å²) in [6.07, 6.45) is 2.44. The molecule has 1 heterocycles. The highest BCUT2D eigenvalue weighted by Gasteiger charge is 1.98. The molecule has 0 aliphatic heterocycles. The third-order valence-electron chi connectivity index (χ3n) is 1.09. The summed E-state index contributed by atoms with van der Waals surface area (Å²) in [5.41, 5.74) is 0. The predicted molar refractivity (Wildman–Crippen MR) is 45.1 cm³/mol. The summed E-state index contributed by atoms with van der Waals surface area (Å²) in [4.78, 5) is 14.4. The summed E-state index contributed by atoms with van der Waals surface area (Å²) >= 11 is 5.51. The number of esters is 1. The highest BCUT2D eigenvalue weighted by molar-refractivity contribution is 6.29. The van der Waals surface area contributed by atoms with Gasteiger partial charge >= 0.3 is 5.97 Å². The van der Waals surface area contributed by atoms with Crippen molar-refractivity contribution in [2.75, 3.05) is 0 Å². The molecule has 0 saturated heterocycles. The highest BCUT2D eigenvalue weighted by Crippen LogP contribution is 2.11. The maximum absolute atomic E-state index is 10.7. The molecule has 0 aliphatic rings. The molecule has 0 radical (unpaired) electrons. The van der Waals surface area contributed by atoms with E-state index in [1.54, 1.807) is 6.07 Å². The molecular formula is C8H6ClNO2. The van der Waals surface area contributed by atoms with Gasteiger partial charge in [-0.2, -0.15) is 0 Å². The number of ether oxygens (including phenoxy) is 1. The van der Waals surface area contributed by atoms with E-state index in [-0.39, 0.29) is 0 Å². The molecule has 0 spiro atoms. The Bertz CT molecular complexity index is 294. The van der Waals surface area contributed by atoms with Crippen LogP contribution < -0.4 is 4.74 Å². The standard InChI is InChI=1S/C8H6ClNO2/c1-2-8(11)12-6-3-4-7(9)10-5-6/h2-5H,1H2. The van der Waals surface area contributed by atoms with Crippen molar-refractivity contribution in [3.05, 3.63) is 36.1 Å². The number of aromatic nitrogens is 1. The summed E-state index contributed by atoms with van der Waals surface area (Å²) in [6.45, 7) is 3.25. The van der Waals surface area contributed by atoms with Crippen molar-refractivity contribution in [1.29, 1.82) is 0 Å². The van der Waals surface area contributed by atoms with Gasteiger partial charge in [-0.1, -0.05) is 18.2 Å². The first kappa shape index (κ1) is 8.74. The molecule has 1 aromatic heterocycles. The van der Waals surface area contributed by atoms with Crippen LogP contribution >= 0.6 is 11.6 Å². The second kappa shape index (κ2) is 3.88. The number of rotatable bonds is 2. The van der Waals surface area contributed by atoms with Gasteiger partial charge in [0.25, 0.3) is 0 Å². The maximum atomic E-state index is 10.7. The number of carbonyl (C=O) groups is 1. The molecule has 0 aliphatic carbocycles. The van der Waals surface area contributed by atoms with Crippen LogP contribution in [0.15, 0.2) is 31.0 Å². The van der Waals surface area contributed by atoms with E-state index in [0.717, 1.165) is 6.08 Å². The van der Waals surface area contributed by atoms with E-state index in [1.165, 1.54) is 12.3 Å². The minimum atomic E-state index is -0.515. The summed E-state index contributed by atoms with van der Waals surface area (Å²) in [6, 6.07) is 3.09. The zero-order valence-electron chi connectivity index (χ0n) is 6.16. The van der Waals surface area contributed by atoms with Gasteiger partial charge in [0.2, 0.25) is 0 Å². The Kier molecular flexibility index (Phi) is 2.82. The molecule has 3 nitrogen and oxygen atoms in total. The van der Waals surface area contributed by atoms with Crippen LogP contribution in [-0.2, 0) is 4.79 Å². The smallest absolute Gasteiger partial charge is 0.335 e. The predicted octanol–water partition coefficient (Wildman–Crippen LogP) is 1.83. The van der Waals surface area contributed by atoms with Crippen LogP contribution in [0.3, 0.4) is 0 Å². The van der Waals surface area contributed by atoms with Crippen LogP contribution in [0.25, 0.3) is 0 Å². The Balaban J connectivity index is 2.71. The lowest BCUT2D eigenvalue weighted by Gasteiger charge is -1.98. The average Bonchev–Trinajstić information content (AvgIpc) is 2.09. The molecule has 0 N–H and O–H groups in total. The number of hydrogen-bond acceptors (Lipinski definition) is 3. The Labute approximate surface area is 74.6 Å². The van der Waals surface area contributed by atoms with E-state index < -0.39 is 5.97 Å². The summed E-state index contributed by atoms with van der Waals surface area (Å²) in [5.74, 6) is -0.163. The van der Waals surface area contributed by atoms with Crippen molar-refractivity contribution in [2.45, 2.75) is 0 Å². The SMILES string of the molecule is C=CC(=O)Oc1ccc(Cl)nc1. The highest BCUT2D eigenvalue weighted by atomic mass is 35.5. The molecule has 12 heavy (non-hydrogen) atoms. The van der Waals surface area contributed by atoms with Gasteiger partial charge in [0, 0.05) is 6.08 Å². The van der Waals surface area contributed by atoms with Crippen molar-refractivity contribution in [1.82, 2.24) is 4.98 Å². The van der Waals surface area contributed by atoms with E-state index in [2.05, 4.69) is 11.6 Å². The van der Waals surface area contributed by atoms with Gasteiger partial charge in [0.1, 0.15) is 10.9 Å². The van der Waals surface area contributed by atoms with E-state index >= 15 is 0 Å². The molecular weight excluding hydrogens is 178 g/mol. The van der Waals surface area contributed by atoms with Crippen LogP contribution in [0.1, 0.15) is 0 Å². The van der Waals surface area contributed by atoms with Gasteiger partial charge in [0.15, 0.2) is 0 Å². The third kappa shape index (κ3) is 2.36. The van der Waals surface area contributed by atoms with E-state index in [4.69, 9.17) is 16.3 Å². The topological polar surface area (TPSA) is 39.2 Å². The fraction of sp³-hybridized carbons (Fsp3) is 0. The van der Waals surface area contributed by atoms with E-state index in [0.29, 0.717) is 10.9 Å². The van der Waals surface area contributed by atoms with Gasteiger partial charge in [-0.25, -0.2) is 9.78 Å². The molecule has 0 aromatic carbocycles. The van der Waals surface area contributed by atoms with Gasteiger partial charge in [-0.15, -0.1) is 0 Å². The second-order valence-corrected chi connectivity index (χ2v) is 2.33. The molecule has 0 atom stereocenters. The maximum Gasteiger partial charge on any atom is 0.335 e. The normalized spacial score (nSPS) is 9.08. The van der Waals surface area contributed by atoms with Crippen LogP contribution in [-0.4, -0.2) is 11.0 Å². The number of halogens is 1. The first-order chi connectivity index (χ1) is 5.72. The second-order valence-electron chi connectivity index (χ2n) is 1.94. The van der Waals surface area contributed by atoms with Crippen LogP contribution in [0.5, 0.6) is 5.75 Å². The lowest BCUT2D eigenvalue weighted by molar-refractivity contribution is -0.128. The average molecular weight is 184 g/mol. The fourth-order valence-corrected chi connectivity index (χ4v) is 0.692. The van der Waals surface area contributed by atoms with Crippen molar-refractivity contribution in [3.63, 3.8) is 0 Å². The first-order valence-corrected chi connectivity index (χ1v) is 3.56. The zero-order chi connectivity index (χ0) is 8.97. The molecule has 1 aromatic rings. The van der Waals surface area contributed by atoms with Crippen LogP contribution in [0.4, 0.5) is 0 Å². The number of nitrogens with zero attached hydrogens (tertiary/aromatic N) is 1. The Hall–Kier alpha value is -1.35. The zero-order valence-corrected chi connectivity index (χ0v) is 6.91. The van der Waals surface area contributed by atoms with Crippen molar-refractivity contribution in [3.8, 4) is 5.75 Å². The van der Waals surface area contributed by atoms with Crippen LogP contribution in [0, 0.1) is 0 Å². The molecule has 0 unspecified atom stereocenters. The monoisotopic (exact) mass is 183 g/mol. The third-order valence-corrected chi connectivity index (χ3v) is 1.31. The summed E-state index contributed by atoms with van der Waals surface area (Å²) in [7, 11) is 0. The van der Waals surface area contributed by atoms with Crippen LogP contribution in [0.2, 0.25) is 5.15 Å². The number of carbonyl (C=O) groups excluding carboxylic acids is 1. The minimum Gasteiger partial charge on any atom is -0.422 e. The Morgan fingerprint density at radius 3 is 2.92 bits per heavy atom. The van der Waals surface area contributed by atoms with Gasteiger partial charge < -0.3 is 4.74 Å². The molecule has 0 amide bonds. The van der Waals surface area contributed by atoms with E-state index in [9.17, 15) is 4.79 Å². The number of pyridine rings is 1. The van der Waals surface area contributed by atoms with Gasteiger partial charge in [-0.05, 0) is 12.1 Å². The summed E-state index contributed by atoms with van der Waals surface area (Å²) < 4.78 is 4.74. The lowest BCUT2D eigenvalue weighted by atomic mass is 10.5. The molecule has 0 bridgehead atoms. The van der Waals surface area contributed by atoms with Gasteiger partial charge in [-0.3, -0.25) is 0 Å². The summed E-state index contributed by atoms with van der Waals surface area (Å²) in [5, 5.41) is 0.355. The molecule has 4 heteroatoms. The minimum absolute atomic E-state index is 0.351. The molecule has 1 rings (SSSR count). The van der Waals surface area contributed by atoms with Crippen molar-refractivity contribution in [2.24, 2.45) is 0 Å². The quantitative estimate of drug-likeness (QED) is 0.399. The fourth-order valence-electron chi connectivity index (χ4n) is 0.580. The Morgan fingerprint density at radius 2 is 2.42 bits per heavy atom. The van der Waals surface area contributed by atoms with E-state index in [1.807, 2.05) is 0 Å². The van der Waals surface area contributed by atoms with Crippen molar-refractivity contribution < 1.29 is 9.53 Å². The molecule has 62 valence electrons. The largest absolute Gasteiger partial charge is 0.422 e. The molecule has 0 fully saturated rings. The van der Waals surface area contributed by atoms with Gasteiger partial charge in [0.05, 0.1) is 6.20 Å².